The first kappa shape index (κ1) is 25.9. The topological polar surface area (TPSA) is 142 Å². The lowest BCUT2D eigenvalue weighted by Crippen LogP contribution is -2.56. The molecule has 32 heavy (non-hydrogen) atoms. The van der Waals surface area contributed by atoms with Crippen molar-refractivity contribution in [1.29, 1.82) is 0 Å². The van der Waals surface area contributed by atoms with Gasteiger partial charge in [-0.2, -0.15) is 24.4 Å². The highest BCUT2D eigenvalue weighted by Gasteiger charge is 2.38. The molecule has 11 heteroatoms. The largest absolute Gasteiger partial charge is 0.508 e. The Kier molecular flexibility index (Phi) is 10.2. The maximum absolute atomic E-state index is 13.3. The van der Waals surface area contributed by atoms with E-state index >= 15 is 0 Å². The van der Waals surface area contributed by atoms with Crippen LogP contribution in [0.5, 0.6) is 5.75 Å². The minimum Gasteiger partial charge on any atom is -0.508 e. The van der Waals surface area contributed by atoms with Gasteiger partial charge in [0.1, 0.15) is 23.9 Å². The zero-order chi connectivity index (χ0) is 23.7. The molecule has 9 nitrogen and oxygen atoms in total. The first-order valence-corrected chi connectivity index (χ1v) is 12.4. The molecule has 1 aliphatic heterocycles. The van der Waals surface area contributed by atoms with Crippen molar-refractivity contribution in [1.82, 2.24) is 15.5 Å². The Morgan fingerprint density at radius 3 is 2.50 bits per heavy atom. The third kappa shape index (κ3) is 7.33. The number of primary amides is 1. The Morgan fingerprint density at radius 1 is 1.22 bits per heavy atom. The Bertz CT molecular complexity index is 821. The standard InChI is InChI=1S/C21H30N4O5S2/c1-32-10-8-15(19(22)28)24-20(29)17-3-2-9-25(17)21(30)16(23-18(27)12-31)11-13-4-6-14(26)7-5-13/h4-7,15-17,26,31H,2-3,8-12H2,1H3,(H2,22,28)(H,23,27)(H,24,29)/t15-,16-,17-/m0/s1. The molecule has 5 N–H and O–H groups in total. The third-order valence-corrected chi connectivity index (χ3v) is 6.19. The van der Waals surface area contributed by atoms with Gasteiger partial charge in [-0.3, -0.25) is 19.2 Å². The summed E-state index contributed by atoms with van der Waals surface area (Å²) in [4.78, 5) is 51.4. The van der Waals surface area contributed by atoms with Gasteiger partial charge in [-0.1, -0.05) is 12.1 Å². The van der Waals surface area contributed by atoms with Crippen molar-refractivity contribution in [3.8, 4) is 5.75 Å². The van der Waals surface area contributed by atoms with E-state index in [-0.39, 0.29) is 23.8 Å². The zero-order valence-corrected chi connectivity index (χ0v) is 19.7. The molecule has 0 aromatic heterocycles. The molecule has 0 spiro atoms. The van der Waals surface area contributed by atoms with E-state index in [0.717, 1.165) is 5.56 Å². The molecule has 3 atom stereocenters. The number of nitrogens with two attached hydrogens (primary N) is 1. The molecule has 176 valence electrons. The SMILES string of the molecule is CSCC[C@H](NC(=O)[C@@H]1CCCN1C(=O)[C@H](Cc1ccc(O)cc1)NC(=O)CS)C(N)=O. The molecule has 0 bridgehead atoms. The Balaban J connectivity index is 2.15. The van der Waals surface area contributed by atoms with Crippen LogP contribution in [0.2, 0.25) is 0 Å². The number of likely N-dealkylation sites (tertiary alicyclic amines) is 1. The Morgan fingerprint density at radius 2 is 1.91 bits per heavy atom. The maximum atomic E-state index is 13.3. The van der Waals surface area contributed by atoms with Gasteiger partial charge in [0.2, 0.25) is 23.6 Å². The summed E-state index contributed by atoms with van der Waals surface area (Å²) < 4.78 is 0. The summed E-state index contributed by atoms with van der Waals surface area (Å²) in [6.07, 6.45) is 3.58. The van der Waals surface area contributed by atoms with Gasteiger partial charge in [-0.05, 0) is 49.0 Å². The van der Waals surface area contributed by atoms with E-state index in [1.807, 2.05) is 6.26 Å². The molecule has 1 aromatic carbocycles. The number of hydrogen-bond acceptors (Lipinski definition) is 7. The van der Waals surface area contributed by atoms with Gasteiger partial charge >= 0.3 is 0 Å². The molecule has 0 radical (unpaired) electrons. The van der Waals surface area contributed by atoms with Crippen molar-refractivity contribution < 1.29 is 24.3 Å². The lowest BCUT2D eigenvalue weighted by Gasteiger charge is -2.29. The number of phenolic OH excluding ortho intramolecular Hbond substituents is 1. The fourth-order valence-corrected chi connectivity index (χ4v) is 4.16. The number of hydrogen-bond donors (Lipinski definition) is 5. The number of carbonyl (C=O) groups excluding carboxylic acids is 4. The van der Waals surface area contributed by atoms with Gasteiger partial charge < -0.3 is 26.4 Å². The number of thiol groups is 1. The number of phenols is 1. The number of nitrogens with one attached hydrogen (secondary N) is 2. The highest BCUT2D eigenvalue weighted by atomic mass is 32.2. The summed E-state index contributed by atoms with van der Waals surface area (Å²) in [6.45, 7) is 0.367. The smallest absolute Gasteiger partial charge is 0.246 e. The van der Waals surface area contributed by atoms with Crippen LogP contribution in [0.15, 0.2) is 24.3 Å². The fourth-order valence-electron chi connectivity index (χ4n) is 3.60. The van der Waals surface area contributed by atoms with Crippen LogP contribution in [0.3, 0.4) is 0 Å². The van der Waals surface area contributed by atoms with Crippen molar-refractivity contribution in [2.75, 3.05) is 24.3 Å². The molecule has 1 fully saturated rings. The van der Waals surface area contributed by atoms with Crippen LogP contribution in [0.1, 0.15) is 24.8 Å². The van der Waals surface area contributed by atoms with Gasteiger partial charge in [-0.15, -0.1) is 0 Å². The summed E-state index contributed by atoms with van der Waals surface area (Å²) >= 11 is 5.50. The predicted octanol–water partition coefficient (Wildman–Crippen LogP) is 0.0635. The number of aromatic hydroxyl groups is 1. The van der Waals surface area contributed by atoms with Crippen LogP contribution in [-0.4, -0.2) is 76.1 Å². The quantitative estimate of drug-likeness (QED) is 0.283. The number of carbonyl (C=O) groups is 4. The Labute approximate surface area is 197 Å². The molecule has 1 aliphatic rings. The summed E-state index contributed by atoms with van der Waals surface area (Å²) in [5.74, 6) is -1.16. The van der Waals surface area contributed by atoms with Crippen LogP contribution < -0.4 is 16.4 Å². The summed E-state index contributed by atoms with van der Waals surface area (Å²) in [5.41, 5.74) is 6.16. The van der Waals surface area contributed by atoms with Crippen molar-refractivity contribution in [3.05, 3.63) is 29.8 Å². The van der Waals surface area contributed by atoms with Gasteiger partial charge in [0, 0.05) is 13.0 Å². The monoisotopic (exact) mass is 482 g/mol. The molecule has 1 aromatic rings. The van der Waals surface area contributed by atoms with Gasteiger partial charge in [0.05, 0.1) is 5.75 Å². The van der Waals surface area contributed by atoms with Crippen molar-refractivity contribution in [3.63, 3.8) is 0 Å². The zero-order valence-electron chi connectivity index (χ0n) is 18.0. The highest BCUT2D eigenvalue weighted by molar-refractivity contribution is 7.98. The fraction of sp³-hybridized carbons (Fsp3) is 0.524. The molecule has 0 saturated carbocycles. The van der Waals surface area contributed by atoms with E-state index in [4.69, 9.17) is 5.73 Å². The lowest BCUT2D eigenvalue weighted by atomic mass is 10.0. The summed E-state index contributed by atoms with van der Waals surface area (Å²) in [6, 6.07) is 3.90. The first-order chi connectivity index (χ1) is 15.3. The summed E-state index contributed by atoms with van der Waals surface area (Å²) in [7, 11) is 0. The lowest BCUT2D eigenvalue weighted by molar-refractivity contribution is -0.141. The van der Waals surface area contributed by atoms with Crippen LogP contribution in [0, 0.1) is 0 Å². The van der Waals surface area contributed by atoms with Crippen molar-refractivity contribution in [2.24, 2.45) is 5.73 Å². The minimum absolute atomic E-state index is 0.0843. The van der Waals surface area contributed by atoms with E-state index in [1.165, 1.54) is 28.8 Å². The van der Waals surface area contributed by atoms with Crippen LogP contribution in [0.4, 0.5) is 0 Å². The average molecular weight is 483 g/mol. The van der Waals surface area contributed by atoms with E-state index in [1.54, 1.807) is 12.1 Å². The molecule has 4 amide bonds. The third-order valence-electron chi connectivity index (χ3n) is 5.26. The minimum atomic E-state index is -0.893. The highest BCUT2D eigenvalue weighted by Crippen LogP contribution is 2.21. The van der Waals surface area contributed by atoms with Crippen molar-refractivity contribution in [2.45, 2.75) is 43.8 Å². The first-order valence-electron chi connectivity index (χ1n) is 10.3. The number of amides is 4. The predicted molar refractivity (Wildman–Crippen MR) is 126 cm³/mol. The number of rotatable bonds is 11. The van der Waals surface area contributed by atoms with E-state index in [9.17, 15) is 24.3 Å². The van der Waals surface area contributed by atoms with Gasteiger partial charge in [-0.25, -0.2) is 0 Å². The second-order valence-corrected chi connectivity index (χ2v) is 8.89. The second kappa shape index (κ2) is 12.6. The molecule has 0 aliphatic carbocycles. The van der Waals surface area contributed by atoms with Gasteiger partial charge in [0.25, 0.3) is 0 Å². The normalized spacial score (nSPS) is 17.4. The van der Waals surface area contributed by atoms with Crippen LogP contribution in [-0.2, 0) is 25.6 Å². The maximum Gasteiger partial charge on any atom is 0.246 e. The molecular weight excluding hydrogens is 452 g/mol. The Hall–Kier alpha value is -2.40. The molecule has 1 saturated heterocycles. The van der Waals surface area contributed by atoms with Crippen molar-refractivity contribution >= 4 is 48.0 Å². The van der Waals surface area contributed by atoms with Crippen LogP contribution in [0.25, 0.3) is 0 Å². The van der Waals surface area contributed by atoms with E-state index in [0.29, 0.717) is 31.6 Å². The number of nitrogens with zero attached hydrogens (tertiary/aromatic N) is 1. The molecule has 0 unspecified atom stereocenters. The summed E-state index contributed by atoms with van der Waals surface area (Å²) in [5, 5.41) is 14.8. The van der Waals surface area contributed by atoms with Gasteiger partial charge in [0.15, 0.2) is 0 Å². The average Bonchev–Trinajstić information content (AvgIpc) is 3.26. The molecular formula is C21H30N4O5S2. The van der Waals surface area contributed by atoms with E-state index < -0.39 is 35.8 Å². The molecule has 1 heterocycles. The number of benzene rings is 1. The van der Waals surface area contributed by atoms with E-state index in [2.05, 4.69) is 23.3 Å². The van der Waals surface area contributed by atoms with Crippen LogP contribution >= 0.6 is 24.4 Å². The number of thioether (sulfide) groups is 1. The second-order valence-electron chi connectivity index (χ2n) is 7.58. The molecule has 2 rings (SSSR count).